The van der Waals surface area contributed by atoms with Gasteiger partial charge in [-0.05, 0) is 0 Å². The second kappa shape index (κ2) is 9.36. The number of methoxy groups -OCH3 is 1. The third-order valence-electron chi connectivity index (χ3n) is 4.89. The number of fused-ring (bicyclic) bond motifs is 3. The van der Waals surface area contributed by atoms with Crippen LogP contribution in [-0.2, 0) is 9.47 Å². The second-order valence-corrected chi connectivity index (χ2v) is 6.31. The number of nitrogens with zero attached hydrogens (tertiary/aromatic N) is 4. The molecule has 4 rings (SSSR count). The first-order chi connectivity index (χ1) is 10.8. The molecular formula is C15H30IN5O2. The molecule has 8 heteroatoms. The van der Waals surface area contributed by atoms with Gasteiger partial charge in [-0.1, -0.05) is 0 Å². The standard InChI is InChI=1S/C15H29N5O2.HI/c1-16-15(20-7-8-22-14(11-20)12-21-2)17-9-13-10-18-3-5-19(13)6-4-18;/h13-14H,3-12H2,1-2H3,(H,16,17);1H. The molecule has 4 aliphatic rings. The van der Waals surface area contributed by atoms with Crippen molar-refractivity contribution in [3.63, 3.8) is 0 Å². The minimum Gasteiger partial charge on any atom is -0.382 e. The molecule has 0 aromatic heterocycles. The van der Waals surface area contributed by atoms with Crippen molar-refractivity contribution in [2.24, 2.45) is 4.99 Å². The van der Waals surface area contributed by atoms with Crippen LogP contribution in [0.4, 0.5) is 0 Å². The van der Waals surface area contributed by atoms with Gasteiger partial charge in [-0.15, -0.1) is 24.0 Å². The molecule has 4 saturated heterocycles. The van der Waals surface area contributed by atoms with Crippen LogP contribution >= 0.6 is 24.0 Å². The number of rotatable bonds is 4. The number of guanidine groups is 1. The average molecular weight is 439 g/mol. The Hall–Kier alpha value is -0.160. The largest absolute Gasteiger partial charge is 0.382 e. The van der Waals surface area contributed by atoms with Gasteiger partial charge in [-0.3, -0.25) is 14.8 Å². The van der Waals surface area contributed by atoms with Gasteiger partial charge in [0.05, 0.1) is 19.3 Å². The SMILES string of the molecule is CN=C(NCC1CN2CCN1CC2)N1CCOC(COC)C1.I. The predicted molar refractivity (Wildman–Crippen MR) is 102 cm³/mol. The molecule has 4 heterocycles. The van der Waals surface area contributed by atoms with Crippen LogP contribution in [0.15, 0.2) is 4.99 Å². The molecule has 0 amide bonds. The minimum atomic E-state index is 0. The fourth-order valence-corrected chi connectivity index (χ4v) is 3.66. The summed E-state index contributed by atoms with van der Waals surface area (Å²) in [6.07, 6.45) is 0.137. The molecule has 2 atom stereocenters. The van der Waals surface area contributed by atoms with E-state index >= 15 is 0 Å². The van der Waals surface area contributed by atoms with E-state index < -0.39 is 0 Å². The molecular weight excluding hydrogens is 409 g/mol. The average Bonchev–Trinajstić information content (AvgIpc) is 2.57. The Morgan fingerprint density at radius 2 is 2.00 bits per heavy atom. The van der Waals surface area contributed by atoms with E-state index in [0.29, 0.717) is 12.6 Å². The van der Waals surface area contributed by atoms with Gasteiger partial charge in [0.15, 0.2) is 5.96 Å². The second-order valence-electron chi connectivity index (χ2n) is 6.31. The third-order valence-corrected chi connectivity index (χ3v) is 4.89. The number of aliphatic imine (C=N–C) groups is 1. The predicted octanol–water partition coefficient (Wildman–Crippen LogP) is -0.473. The molecule has 0 saturated carbocycles. The molecule has 23 heavy (non-hydrogen) atoms. The smallest absolute Gasteiger partial charge is 0.193 e. The van der Waals surface area contributed by atoms with Crippen LogP contribution < -0.4 is 5.32 Å². The topological polar surface area (TPSA) is 52.6 Å². The molecule has 2 unspecified atom stereocenters. The lowest BCUT2D eigenvalue weighted by molar-refractivity contribution is -0.0449. The van der Waals surface area contributed by atoms with Gasteiger partial charge in [0.2, 0.25) is 0 Å². The molecule has 4 aliphatic heterocycles. The van der Waals surface area contributed by atoms with E-state index in [-0.39, 0.29) is 30.1 Å². The van der Waals surface area contributed by atoms with Crippen LogP contribution in [0.1, 0.15) is 0 Å². The molecule has 7 nitrogen and oxygen atoms in total. The summed E-state index contributed by atoms with van der Waals surface area (Å²) in [6.45, 7) is 10.1. The summed E-state index contributed by atoms with van der Waals surface area (Å²) < 4.78 is 10.9. The number of ether oxygens (including phenoxy) is 2. The van der Waals surface area contributed by atoms with Crippen LogP contribution in [0, 0.1) is 0 Å². The number of hydrogen-bond acceptors (Lipinski definition) is 5. The van der Waals surface area contributed by atoms with Crippen molar-refractivity contribution in [2.45, 2.75) is 12.1 Å². The highest BCUT2D eigenvalue weighted by Crippen LogP contribution is 2.15. The molecule has 4 fully saturated rings. The molecule has 0 spiro atoms. The van der Waals surface area contributed by atoms with E-state index in [1.54, 1.807) is 7.11 Å². The lowest BCUT2D eigenvalue weighted by Crippen LogP contribution is -2.64. The van der Waals surface area contributed by atoms with Crippen molar-refractivity contribution in [1.29, 1.82) is 0 Å². The third kappa shape index (κ3) is 4.91. The first-order valence-corrected chi connectivity index (χ1v) is 8.32. The Labute approximate surface area is 156 Å². The summed E-state index contributed by atoms with van der Waals surface area (Å²) in [5.41, 5.74) is 0. The van der Waals surface area contributed by atoms with E-state index in [0.717, 1.165) is 32.2 Å². The Kier molecular flexibility index (Phi) is 7.80. The maximum Gasteiger partial charge on any atom is 0.193 e. The van der Waals surface area contributed by atoms with Crippen molar-refractivity contribution in [3.05, 3.63) is 0 Å². The van der Waals surface area contributed by atoms with Crippen molar-refractivity contribution >= 4 is 29.9 Å². The van der Waals surface area contributed by atoms with E-state index in [1.807, 2.05) is 7.05 Å². The van der Waals surface area contributed by atoms with E-state index in [9.17, 15) is 0 Å². The van der Waals surface area contributed by atoms with Crippen LogP contribution in [0.5, 0.6) is 0 Å². The first-order valence-electron chi connectivity index (χ1n) is 8.32. The van der Waals surface area contributed by atoms with E-state index in [2.05, 4.69) is 25.0 Å². The van der Waals surface area contributed by atoms with E-state index in [1.165, 1.54) is 32.7 Å². The van der Waals surface area contributed by atoms with E-state index in [4.69, 9.17) is 9.47 Å². The lowest BCUT2D eigenvalue weighted by atomic mass is 10.1. The van der Waals surface area contributed by atoms with Crippen molar-refractivity contribution in [2.75, 3.05) is 79.7 Å². The zero-order valence-corrected chi connectivity index (χ0v) is 16.6. The number of nitrogens with one attached hydrogen (secondary N) is 1. The first kappa shape index (κ1) is 19.2. The van der Waals surface area contributed by atoms with Gasteiger partial charge in [0, 0.05) is 72.6 Å². The number of hydrogen-bond donors (Lipinski definition) is 1. The fourth-order valence-electron chi connectivity index (χ4n) is 3.66. The highest BCUT2D eigenvalue weighted by Gasteiger charge is 2.32. The normalized spacial score (nSPS) is 34.2. The monoisotopic (exact) mass is 439 g/mol. The van der Waals surface area contributed by atoms with Crippen LogP contribution in [0.25, 0.3) is 0 Å². The highest BCUT2D eigenvalue weighted by molar-refractivity contribution is 14.0. The zero-order chi connectivity index (χ0) is 15.4. The van der Waals surface area contributed by atoms with Gasteiger partial charge < -0.3 is 19.7 Å². The summed E-state index contributed by atoms with van der Waals surface area (Å²) >= 11 is 0. The van der Waals surface area contributed by atoms with Gasteiger partial charge in [-0.2, -0.15) is 0 Å². The Balaban J connectivity index is 0.00000192. The molecule has 0 radical (unpaired) electrons. The molecule has 0 aromatic carbocycles. The minimum absolute atomic E-state index is 0. The molecule has 134 valence electrons. The number of piperazine rings is 3. The summed E-state index contributed by atoms with van der Waals surface area (Å²) in [6, 6.07) is 0.607. The van der Waals surface area contributed by atoms with Crippen molar-refractivity contribution < 1.29 is 9.47 Å². The van der Waals surface area contributed by atoms with Gasteiger partial charge in [-0.25, -0.2) is 0 Å². The fraction of sp³-hybridized carbons (Fsp3) is 0.933. The highest BCUT2D eigenvalue weighted by atomic mass is 127. The summed E-state index contributed by atoms with van der Waals surface area (Å²) in [5.74, 6) is 0.988. The molecule has 0 aliphatic carbocycles. The zero-order valence-electron chi connectivity index (χ0n) is 14.2. The quantitative estimate of drug-likeness (QED) is 0.363. The Morgan fingerprint density at radius 1 is 1.22 bits per heavy atom. The van der Waals surface area contributed by atoms with Crippen LogP contribution in [0.3, 0.4) is 0 Å². The molecule has 1 N–H and O–H groups in total. The Bertz CT molecular complexity index is 388. The number of halogens is 1. The maximum atomic E-state index is 5.71. The van der Waals surface area contributed by atoms with Gasteiger partial charge >= 0.3 is 0 Å². The van der Waals surface area contributed by atoms with Crippen molar-refractivity contribution in [3.8, 4) is 0 Å². The van der Waals surface area contributed by atoms with Crippen molar-refractivity contribution in [1.82, 2.24) is 20.0 Å². The summed E-state index contributed by atoms with van der Waals surface area (Å²) in [7, 11) is 3.58. The lowest BCUT2D eigenvalue weighted by Gasteiger charge is -2.47. The van der Waals surface area contributed by atoms with Crippen LogP contribution in [-0.4, -0.2) is 113 Å². The van der Waals surface area contributed by atoms with Crippen LogP contribution in [0.2, 0.25) is 0 Å². The molecule has 2 bridgehead atoms. The summed E-state index contributed by atoms with van der Waals surface area (Å²) in [4.78, 5) is 11.9. The number of morpholine rings is 1. The maximum absolute atomic E-state index is 5.71. The van der Waals surface area contributed by atoms with Gasteiger partial charge in [0.1, 0.15) is 0 Å². The van der Waals surface area contributed by atoms with Gasteiger partial charge in [0.25, 0.3) is 0 Å². The Morgan fingerprint density at radius 3 is 2.61 bits per heavy atom. The summed E-state index contributed by atoms with van der Waals surface area (Å²) in [5, 5.41) is 3.57. The molecule has 0 aromatic rings.